The molecule has 7 heteroatoms. The summed E-state index contributed by atoms with van der Waals surface area (Å²) < 4.78 is 37.4. The Hall–Kier alpha value is -2.67. The molecule has 2 atom stereocenters. The third kappa shape index (κ3) is 4.98. The van der Waals surface area contributed by atoms with Gasteiger partial charge in [0, 0.05) is 46.4 Å². The smallest absolute Gasteiger partial charge is 0.150 e. The third-order valence-electron chi connectivity index (χ3n) is 6.27. The van der Waals surface area contributed by atoms with Gasteiger partial charge in [-0.05, 0) is 61.9 Å². The number of fused-ring (bicyclic) bond motifs is 1. The second-order valence-electron chi connectivity index (χ2n) is 8.48. The van der Waals surface area contributed by atoms with Crippen LogP contribution in [0.2, 0.25) is 0 Å². The molecule has 0 saturated heterocycles. The van der Waals surface area contributed by atoms with Crippen molar-refractivity contribution in [2.75, 3.05) is 11.6 Å². The van der Waals surface area contributed by atoms with Gasteiger partial charge in [-0.3, -0.25) is 0 Å². The first-order valence-corrected chi connectivity index (χ1v) is 12.6. The van der Waals surface area contributed by atoms with E-state index in [2.05, 4.69) is 21.9 Å². The summed E-state index contributed by atoms with van der Waals surface area (Å²) in [5.74, 6) is 0.671. The minimum Gasteiger partial charge on any atom is -0.360 e. The van der Waals surface area contributed by atoms with Crippen molar-refractivity contribution in [3.8, 4) is 11.1 Å². The monoisotopic (exact) mass is 441 g/mol. The SMILES string of the molecule is C=C(Nc1ccc(-c2c[nH]c3cc(F)ccc23)cn1)C1CCCCC(S(C)(=O)=O)CC1. The molecule has 2 aromatic heterocycles. The molecule has 1 aliphatic rings. The van der Waals surface area contributed by atoms with Gasteiger partial charge in [0.1, 0.15) is 21.5 Å². The van der Waals surface area contributed by atoms with E-state index in [1.165, 1.54) is 18.4 Å². The summed E-state index contributed by atoms with van der Waals surface area (Å²) in [6.07, 6.45) is 10.2. The Kier molecular flexibility index (Phi) is 6.14. The normalized spacial score (nSPS) is 20.2. The Morgan fingerprint density at radius 1 is 1.16 bits per heavy atom. The maximum Gasteiger partial charge on any atom is 0.150 e. The fourth-order valence-electron chi connectivity index (χ4n) is 4.45. The maximum absolute atomic E-state index is 13.4. The Morgan fingerprint density at radius 3 is 2.71 bits per heavy atom. The number of halogens is 1. The Balaban J connectivity index is 1.44. The molecule has 1 aromatic carbocycles. The highest BCUT2D eigenvalue weighted by atomic mass is 32.2. The van der Waals surface area contributed by atoms with Crippen molar-refractivity contribution in [2.24, 2.45) is 5.92 Å². The van der Waals surface area contributed by atoms with Gasteiger partial charge >= 0.3 is 0 Å². The molecule has 1 fully saturated rings. The van der Waals surface area contributed by atoms with E-state index in [0.29, 0.717) is 12.2 Å². The first kappa shape index (κ1) is 21.6. The summed E-state index contributed by atoms with van der Waals surface area (Å²) >= 11 is 0. The number of anilines is 1. The maximum atomic E-state index is 13.4. The van der Waals surface area contributed by atoms with E-state index >= 15 is 0 Å². The second kappa shape index (κ2) is 8.83. The molecule has 1 aliphatic carbocycles. The predicted octanol–water partition coefficient (Wildman–Crippen LogP) is 5.68. The topological polar surface area (TPSA) is 74.8 Å². The second-order valence-corrected chi connectivity index (χ2v) is 10.8. The molecule has 0 radical (unpaired) electrons. The van der Waals surface area contributed by atoms with Crippen molar-refractivity contribution in [3.05, 3.63) is 60.8 Å². The molecule has 0 bridgehead atoms. The van der Waals surface area contributed by atoms with Crippen molar-refractivity contribution in [2.45, 2.75) is 43.8 Å². The lowest BCUT2D eigenvalue weighted by Gasteiger charge is -2.26. The molecule has 2 heterocycles. The Bertz CT molecular complexity index is 1190. The van der Waals surface area contributed by atoms with E-state index in [1.807, 2.05) is 18.3 Å². The largest absolute Gasteiger partial charge is 0.360 e. The minimum atomic E-state index is -3.00. The number of benzene rings is 1. The number of nitrogens with one attached hydrogen (secondary N) is 2. The summed E-state index contributed by atoms with van der Waals surface area (Å²) in [5, 5.41) is 4.02. The lowest BCUT2D eigenvalue weighted by atomic mass is 9.89. The zero-order valence-corrected chi connectivity index (χ0v) is 18.5. The average molecular weight is 442 g/mol. The standard InChI is InChI=1S/C24H28FN3O2S/c1-16(17-5-3-4-6-20(10-7-17)31(2,29)30)28-24-12-8-18(14-27-24)22-15-26-23-13-19(25)9-11-21(22)23/h8-9,11-15,17,20,26H,1,3-7,10H2,2H3,(H,27,28). The number of aromatic amines is 1. The van der Waals surface area contributed by atoms with Crippen molar-refractivity contribution in [1.82, 2.24) is 9.97 Å². The number of pyridine rings is 1. The number of allylic oxidation sites excluding steroid dienone is 1. The van der Waals surface area contributed by atoms with Crippen LogP contribution in [0.4, 0.5) is 10.2 Å². The van der Waals surface area contributed by atoms with Crippen molar-refractivity contribution in [1.29, 1.82) is 0 Å². The number of rotatable bonds is 5. The van der Waals surface area contributed by atoms with Crippen LogP contribution < -0.4 is 5.32 Å². The number of H-pyrrole nitrogens is 1. The van der Waals surface area contributed by atoms with Gasteiger partial charge in [-0.25, -0.2) is 17.8 Å². The van der Waals surface area contributed by atoms with Gasteiger partial charge in [0.2, 0.25) is 0 Å². The van der Waals surface area contributed by atoms with Crippen LogP contribution in [0.1, 0.15) is 38.5 Å². The first-order valence-electron chi connectivity index (χ1n) is 10.7. The lowest BCUT2D eigenvalue weighted by Crippen LogP contribution is -2.24. The number of hydrogen-bond acceptors (Lipinski definition) is 4. The van der Waals surface area contributed by atoms with Crippen LogP contribution in [0.15, 0.2) is 55.0 Å². The molecule has 31 heavy (non-hydrogen) atoms. The Labute approximate surface area is 182 Å². The highest BCUT2D eigenvalue weighted by molar-refractivity contribution is 7.91. The molecule has 0 spiro atoms. The van der Waals surface area contributed by atoms with Crippen molar-refractivity contribution < 1.29 is 12.8 Å². The summed E-state index contributed by atoms with van der Waals surface area (Å²) in [6, 6.07) is 8.59. The number of nitrogens with zero attached hydrogens (tertiary/aromatic N) is 1. The fourth-order valence-corrected chi connectivity index (χ4v) is 5.61. The van der Waals surface area contributed by atoms with Crippen molar-refractivity contribution in [3.63, 3.8) is 0 Å². The van der Waals surface area contributed by atoms with Crippen LogP contribution in [0.5, 0.6) is 0 Å². The number of hydrogen-bond donors (Lipinski definition) is 2. The van der Waals surface area contributed by atoms with Gasteiger partial charge in [0.05, 0.1) is 5.25 Å². The van der Waals surface area contributed by atoms with Crippen molar-refractivity contribution >= 4 is 26.6 Å². The Morgan fingerprint density at radius 2 is 1.97 bits per heavy atom. The minimum absolute atomic E-state index is 0.231. The molecule has 0 aliphatic heterocycles. The highest BCUT2D eigenvalue weighted by Gasteiger charge is 2.25. The van der Waals surface area contributed by atoms with Gasteiger partial charge < -0.3 is 10.3 Å². The van der Waals surface area contributed by atoms with E-state index in [-0.39, 0.29) is 17.0 Å². The molecule has 1 saturated carbocycles. The first-order chi connectivity index (χ1) is 14.8. The summed E-state index contributed by atoms with van der Waals surface area (Å²) in [7, 11) is -3.00. The average Bonchev–Trinajstić information content (AvgIpc) is 3.10. The van der Waals surface area contributed by atoms with Crippen LogP contribution in [-0.4, -0.2) is 29.9 Å². The predicted molar refractivity (Wildman–Crippen MR) is 124 cm³/mol. The summed E-state index contributed by atoms with van der Waals surface area (Å²) in [4.78, 5) is 7.64. The highest BCUT2D eigenvalue weighted by Crippen LogP contribution is 2.32. The van der Waals surface area contributed by atoms with Crippen LogP contribution in [0.3, 0.4) is 0 Å². The zero-order chi connectivity index (χ0) is 22.0. The fraction of sp³-hybridized carbons (Fsp3) is 0.375. The van der Waals surface area contributed by atoms with E-state index in [1.54, 1.807) is 12.3 Å². The van der Waals surface area contributed by atoms with E-state index in [4.69, 9.17) is 0 Å². The molecule has 4 rings (SSSR count). The van der Waals surface area contributed by atoms with Crippen LogP contribution in [-0.2, 0) is 9.84 Å². The molecule has 2 unspecified atom stereocenters. The van der Waals surface area contributed by atoms with Gasteiger partial charge in [-0.1, -0.05) is 19.4 Å². The number of aromatic nitrogens is 2. The van der Waals surface area contributed by atoms with Gasteiger partial charge in [0.25, 0.3) is 0 Å². The quantitative estimate of drug-likeness (QED) is 0.534. The molecule has 164 valence electrons. The summed E-state index contributed by atoms with van der Waals surface area (Å²) in [6.45, 7) is 4.21. The van der Waals surface area contributed by atoms with Crippen LogP contribution in [0, 0.1) is 11.7 Å². The van der Waals surface area contributed by atoms with E-state index < -0.39 is 9.84 Å². The summed E-state index contributed by atoms with van der Waals surface area (Å²) in [5.41, 5.74) is 3.55. The van der Waals surface area contributed by atoms with Crippen LogP contribution >= 0.6 is 0 Å². The van der Waals surface area contributed by atoms with Crippen LogP contribution in [0.25, 0.3) is 22.0 Å². The molecule has 0 amide bonds. The molecule has 5 nitrogen and oxygen atoms in total. The lowest BCUT2D eigenvalue weighted by molar-refractivity contribution is 0.419. The zero-order valence-electron chi connectivity index (χ0n) is 17.7. The molecule has 3 aromatic rings. The van der Waals surface area contributed by atoms with E-state index in [0.717, 1.165) is 59.8 Å². The van der Waals surface area contributed by atoms with Gasteiger partial charge in [-0.2, -0.15) is 0 Å². The van der Waals surface area contributed by atoms with Gasteiger partial charge in [-0.15, -0.1) is 0 Å². The molecule has 2 N–H and O–H groups in total. The van der Waals surface area contributed by atoms with E-state index in [9.17, 15) is 12.8 Å². The number of sulfone groups is 1. The molecular formula is C24H28FN3O2S. The third-order valence-corrected chi connectivity index (χ3v) is 7.95. The van der Waals surface area contributed by atoms with Gasteiger partial charge in [0.15, 0.2) is 0 Å². The molecular weight excluding hydrogens is 413 g/mol.